The molecule has 0 radical (unpaired) electrons. The van der Waals surface area contributed by atoms with Gasteiger partial charge in [-0.1, -0.05) is 79.2 Å². The highest BCUT2D eigenvalue weighted by Crippen LogP contribution is 2.42. The van der Waals surface area contributed by atoms with E-state index in [2.05, 4.69) is 17.6 Å². The first-order valence-electron chi connectivity index (χ1n) is 15.0. The molecular formula is C36H45N3O4. The Morgan fingerprint density at radius 2 is 1.53 bits per heavy atom. The molecule has 0 aromatic heterocycles. The average molecular weight is 584 g/mol. The molecule has 7 heteroatoms. The van der Waals surface area contributed by atoms with Crippen molar-refractivity contribution in [1.82, 2.24) is 10.2 Å². The first-order valence-corrected chi connectivity index (χ1v) is 15.0. The van der Waals surface area contributed by atoms with Crippen molar-refractivity contribution in [2.24, 2.45) is 5.92 Å². The number of amides is 3. The molecule has 4 unspecified atom stereocenters. The Bertz CT molecular complexity index is 1460. The highest BCUT2D eigenvalue weighted by Gasteiger charge is 2.48. The van der Waals surface area contributed by atoms with Crippen molar-refractivity contribution in [3.63, 3.8) is 0 Å². The topological polar surface area (TPSA) is 87.7 Å². The predicted molar refractivity (Wildman–Crippen MR) is 171 cm³/mol. The summed E-state index contributed by atoms with van der Waals surface area (Å²) in [5.74, 6) is -0.387. The van der Waals surface area contributed by atoms with Gasteiger partial charge < -0.3 is 20.3 Å². The molecule has 1 fully saturated rings. The van der Waals surface area contributed by atoms with Gasteiger partial charge in [-0.15, -0.1) is 0 Å². The highest BCUT2D eigenvalue weighted by molar-refractivity contribution is 6.00. The van der Waals surface area contributed by atoms with Gasteiger partial charge in [0, 0.05) is 18.2 Å². The minimum absolute atomic E-state index is 0.152. The van der Waals surface area contributed by atoms with Gasteiger partial charge in [-0.25, -0.2) is 4.79 Å². The smallest absolute Gasteiger partial charge is 0.408 e. The third kappa shape index (κ3) is 8.04. The Hall–Kier alpha value is -4.13. The summed E-state index contributed by atoms with van der Waals surface area (Å²) in [6.07, 6.45) is 0.358. The maximum Gasteiger partial charge on any atom is 0.408 e. The molecule has 0 bridgehead atoms. The van der Waals surface area contributed by atoms with Gasteiger partial charge in [0.15, 0.2) is 0 Å². The summed E-state index contributed by atoms with van der Waals surface area (Å²) in [4.78, 5) is 43.9. The van der Waals surface area contributed by atoms with E-state index in [1.54, 1.807) is 25.7 Å². The molecule has 4 rings (SSSR count). The van der Waals surface area contributed by atoms with E-state index in [1.807, 2.05) is 94.4 Å². The number of para-hydroxylation sites is 1. The summed E-state index contributed by atoms with van der Waals surface area (Å²) in [6, 6.07) is 19.4. The number of hydrogen-bond donors (Lipinski definition) is 2. The zero-order valence-electron chi connectivity index (χ0n) is 26.7. The number of benzene rings is 3. The fourth-order valence-electron chi connectivity index (χ4n) is 5.60. The fourth-order valence-corrected chi connectivity index (χ4v) is 5.60. The lowest BCUT2D eigenvalue weighted by Gasteiger charge is -2.36. The number of nitrogens with zero attached hydrogens (tertiary/aromatic N) is 1. The molecule has 1 aliphatic carbocycles. The number of anilines is 1. The van der Waals surface area contributed by atoms with E-state index in [0.717, 1.165) is 45.5 Å². The van der Waals surface area contributed by atoms with E-state index < -0.39 is 23.8 Å². The predicted octanol–water partition coefficient (Wildman–Crippen LogP) is 6.97. The summed E-state index contributed by atoms with van der Waals surface area (Å²) in [7, 11) is 0. The number of hydrogen-bond acceptors (Lipinski definition) is 4. The molecule has 43 heavy (non-hydrogen) atoms. The molecule has 1 saturated carbocycles. The molecule has 3 aromatic rings. The summed E-state index contributed by atoms with van der Waals surface area (Å²) in [6.45, 7) is 15.3. The van der Waals surface area contributed by atoms with Crippen LogP contribution < -0.4 is 10.6 Å². The van der Waals surface area contributed by atoms with Crippen LogP contribution in [0.5, 0.6) is 0 Å². The highest BCUT2D eigenvalue weighted by atomic mass is 16.6. The van der Waals surface area contributed by atoms with Crippen molar-refractivity contribution >= 4 is 23.6 Å². The third-order valence-electron chi connectivity index (χ3n) is 7.93. The number of alkyl carbamates (subject to hydrolysis) is 1. The van der Waals surface area contributed by atoms with E-state index in [-0.39, 0.29) is 30.2 Å². The average Bonchev–Trinajstić information content (AvgIpc) is 3.64. The van der Waals surface area contributed by atoms with Gasteiger partial charge >= 0.3 is 6.09 Å². The van der Waals surface area contributed by atoms with Crippen molar-refractivity contribution in [2.45, 2.75) is 92.0 Å². The second kappa shape index (κ2) is 13.0. The van der Waals surface area contributed by atoms with Crippen LogP contribution in [0.2, 0.25) is 0 Å². The van der Waals surface area contributed by atoms with Gasteiger partial charge in [-0.3, -0.25) is 9.59 Å². The maximum atomic E-state index is 14.7. The van der Waals surface area contributed by atoms with Crippen LogP contribution in [0, 0.1) is 33.6 Å². The van der Waals surface area contributed by atoms with Crippen molar-refractivity contribution in [2.75, 3.05) is 5.32 Å². The van der Waals surface area contributed by atoms with Crippen LogP contribution >= 0.6 is 0 Å². The van der Waals surface area contributed by atoms with Crippen LogP contribution in [0.15, 0.2) is 66.7 Å². The van der Waals surface area contributed by atoms with E-state index in [9.17, 15) is 14.4 Å². The number of aryl methyl sites for hydroxylation is 4. The Labute approximate surface area is 256 Å². The second-order valence-electron chi connectivity index (χ2n) is 12.9. The van der Waals surface area contributed by atoms with Crippen LogP contribution in [0.3, 0.4) is 0 Å². The van der Waals surface area contributed by atoms with Crippen LogP contribution in [-0.2, 0) is 20.7 Å². The van der Waals surface area contributed by atoms with Crippen LogP contribution in [0.1, 0.15) is 73.5 Å². The SMILES string of the molecule is Cc1ccc(C(C(=O)Nc2c(C)cccc2C)N(C(=O)C(Cc2ccccc2)NC(=O)OC(C)(C)C)C2CC2C)c(C)c1. The number of carbonyl (C=O) groups excluding carboxylic acids is 3. The molecule has 4 atom stereocenters. The van der Waals surface area contributed by atoms with Gasteiger partial charge in [0.05, 0.1) is 0 Å². The summed E-state index contributed by atoms with van der Waals surface area (Å²) in [5.41, 5.74) is 5.54. The largest absolute Gasteiger partial charge is 0.444 e. The van der Waals surface area contributed by atoms with Crippen molar-refractivity contribution < 1.29 is 19.1 Å². The minimum Gasteiger partial charge on any atom is -0.444 e. The Morgan fingerprint density at radius 3 is 2.09 bits per heavy atom. The molecule has 0 aliphatic heterocycles. The lowest BCUT2D eigenvalue weighted by atomic mass is 9.95. The molecule has 7 nitrogen and oxygen atoms in total. The number of carbonyl (C=O) groups is 3. The standard InChI is InChI=1S/C36H45N3O4/c1-22-17-18-28(25(4)19-22)32(33(40)38-31-23(2)13-12-14-24(31)3)39(30-20-26(30)5)34(41)29(21-27-15-10-9-11-16-27)37-35(42)43-36(6,7)8/h9-19,26,29-30,32H,20-21H2,1-8H3,(H,37,42)(H,38,40). The van der Waals surface area contributed by atoms with Crippen LogP contribution in [0.25, 0.3) is 0 Å². The maximum absolute atomic E-state index is 14.7. The van der Waals surface area contributed by atoms with Gasteiger partial charge in [-0.2, -0.15) is 0 Å². The molecule has 0 heterocycles. The molecule has 2 N–H and O–H groups in total. The molecule has 0 saturated heterocycles. The van der Waals surface area contributed by atoms with E-state index >= 15 is 0 Å². The second-order valence-corrected chi connectivity index (χ2v) is 12.9. The van der Waals surface area contributed by atoms with Crippen molar-refractivity contribution in [3.05, 3.63) is 100 Å². The molecular weight excluding hydrogens is 538 g/mol. The summed E-state index contributed by atoms with van der Waals surface area (Å²) < 4.78 is 5.56. The normalized spacial score (nSPS) is 17.4. The van der Waals surface area contributed by atoms with Gasteiger partial charge in [-0.05, 0) is 88.6 Å². The number of ether oxygens (including phenoxy) is 1. The minimum atomic E-state index is -0.939. The zero-order valence-corrected chi connectivity index (χ0v) is 26.7. The number of rotatable bonds is 9. The quantitative estimate of drug-likeness (QED) is 0.285. The monoisotopic (exact) mass is 583 g/mol. The number of nitrogens with one attached hydrogen (secondary N) is 2. The Morgan fingerprint density at radius 1 is 0.907 bits per heavy atom. The molecule has 3 aromatic carbocycles. The lowest BCUT2D eigenvalue weighted by molar-refractivity contribution is -0.141. The zero-order chi connectivity index (χ0) is 31.5. The first-order chi connectivity index (χ1) is 20.2. The van der Waals surface area contributed by atoms with Crippen molar-refractivity contribution in [3.8, 4) is 0 Å². The van der Waals surface area contributed by atoms with E-state index in [4.69, 9.17) is 4.74 Å². The molecule has 228 valence electrons. The molecule has 1 aliphatic rings. The van der Waals surface area contributed by atoms with Crippen molar-refractivity contribution in [1.29, 1.82) is 0 Å². The first kappa shape index (κ1) is 31.8. The van der Waals surface area contributed by atoms with Gasteiger partial charge in [0.25, 0.3) is 5.91 Å². The van der Waals surface area contributed by atoms with Gasteiger partial charge in [0.2, 0.25) is 5.91 Å². The summed E-state index contributed by atoms with van der Waals surface area (Å²) in [5, 5.41) is 6.02. The Kier molecular flexibility index (Phi) is 9.63. The summed E-state index contributed by atoms with van der Waals surface area (Å²) >= 11 is 0. The third-order valence-corrected chi connectivity index (χ3v) is 7.93. The van der Waals surface area contributed by atoms with E-state index in [1.165, 1.54) is 0 Å². The van der Waals surface area contributed by atoms with Gasteiger partial charge in [0.1, 0.15) is 17.7 Å². The van der Waals surface area contributed by atoms with Crippen LogP contribution in [0.4, 0.5) is 10.5 Å². The molecule has 3 amide bonds. The lowest BCUT2D eigenvalue weighted by Crippen LogP contribution is -2.54. The Balaban J connectivity index is 1.79. The van der Waals surface area contributed by atoms with Crippen LogP contribution in [-0.4, -0.2) is 40.5 Å². The fraction of sp³-hybridized carbons (Fsp3) is 0.417. The van der Waals surface area contributed by atoms with E-state index in [0.29, 0.717) is 0 Å². The molecule has 0 spiro atoms.